The van der Waals surface area contributed by atoms with Gasteiger partial charge in [0.25, 0.3) is 0 Å². The van der Waals surface area contributed by atoms with Crippen molar-refractivity contribution in [3.05, 3.63) is 69.9 Å². The number of thioether (sulfide) groups is 1. The van der Waals surface area contributed by atoms with Gasteiger partial charge in [0.15, 0.2) is 0 Å². The highest BCUT2D eigenvalue weighted by atomic mass is 79.9. The van der Waals surface area contributed by atoms with Crippen LogP contribution in [0.25, 0.3) is 10.6 Å². The van der Waals surface area contributed by atoms with Crippen molar-refractivity contribution >= 4 is 50.6 Å². The standard InChI is InChI=1S/C19H16BrFN2OS2/c1-12(18(24)23-17-8-7-14(20)9-16(17)21)25-10-15-11-26-19(22-15)13-5-3-2-4-6-13/h2-9,11-12H,10H2,1H3,(H,23,24)/t12-/m1/s1. The maximum Gasteiger partial charge on any atom is 0.237 e. The van der Waals surface area contributed by atoms with Crippen molar-refractivity contribution in [1.82, 2.24) is 4.98 Å². The first-order chi connectivity index (χ1) is 12.5. The predicted molar refractivity (Wildman–Crippen MR) is 111 cm³/mol. The van der Waals surface area contributed by atoms with Gasteiger partial charge in [0.1, 0.15) is 10.8 Å². The molecule has 0 bridgehead atoms. The Morgan fingerprint density at radius 2 is 2.08 bits per heavy atom. The van der Waals surface area contributed by atoms with E-state index in [1.807, 2.05) is 35.7 Å². The largest absolute Gasteiger partial charge is 0.323 e. The summed E-state index contributed by atoms with van der Waals surface area (Å²) in [5.74, 6) is -0.0625. The second-order valence-corrected chi connectivity index (χ2v) is 8.68. The molecule has 1 N–H and O–H groups in total. The lowest BCUT2D eigenvalue weighted by atomic mass is 10.2. The van der Waals surface area contributed by atoms with E-state index in [1.165, 1.54) is 17.8 Å². The molecule has 7 heteroatoms. The summed E-state index contributed by atoms with van der Waals surface area (Å²) in [5, 5.41) is 5.29. The molecule has 0 saturated heterocycles. The molecule has 3 nitrogen and oxygen atoms in total. The predicted octanol–water partition coefficient (Wildman–Crippen LogP) is 5.97. The Labute approximate surface area is 168 Å². The van der Waals surface area contributed by atoms with Crippen molar-refractivity contribution in [3.63, 3.8) is 0 Å². The lowest BCUT2D eigenvalue weighted by Gasteiger charge is -2.12. The molecule has 0 aliphatic heterocycles. The molecular formula is C19H16BrFN2OS2. The molecular weight excluding hydrogens is 435 g/mol. The van der Waals surface area contributed by atoms with Gasteiger partial charge in [-0.05, 0) is 25.1 Å². The molecule has 134 valence electrons. The fourth-order valence-electron chi connectivity index (χ4n) is 2.20. The third-order valence-electron chi connectivity index (χ3n) is 3.61. The molecule has 1 aromatic heterocycles. The Balaban J connectivity index is 1.56. The molecule has 1 heterocycles. The average molecular weight is 451 g/mol. The molecule has 0 unspecified atom stereocenters. The topological polar surface area (TPSA) is 42.0 Å². The van der Waals surface area contributed by atoms with Crippen LogP contribution in [0, 0.1) is 5.82 Å². The summed E-state index contributed by atoms with van der Waals surface area (Å²) >= 11 is 6.26. The number of nitrogens with one attached hydrogen (secondary N) is 1. The van der Waals surface area contributed by atoms with Crippen molar-refractivity contribution in [1.29, 1.82) is 0 Å². The Bertz CT molecular complexity index is 902. The molecule has 0 spiro atoms. The summed E-state index contributed by atoms with van der Waals surface area (Å²) in [6, 6.07) is 14.6. The zero-order valence-corrected chi connectivity index (χ0v) is 17.1. The number of rotatable bonds is 6. The van der Waals surface area contributed by atoms with Gasteiger partial charge in [0, 0.05) is 21.2 Å². The lowest BCUT2D eigenvalue weighted by Crippen LogP contribution is -2.23. The van der Waals surface area contributed by atoms with Crippen LogP contribution in [0.2, 0.25) is 0 Å². The number of anilines is 1. The van der Waals surface area contributed by atoms with Gasteiger partial charge in [-0.3, -0.25) is 4.79 Å². The smallest absolute Gasteiger partial charge is 0.237 e. The molecule has 3 aromatic rings. The minimum Gasteiger partial charge on any atom is -0.323 e. The molecule has 2 aromatic carbocycles. The average Bonchev–Trinajstić information content (AvgIpc) is 3.11. The Morgan fingerprint density at radius 1 is 1.31 bits per heavy atom. The molecule has 26 heavy (non-hydrogen) atoms. The van der Waals surface area contributed by atoms with Crippen LogP contribution in [0.1, 0.15) is 12.6 Å². The number of aromatic nitrogens is 1. The molecule has 0 aliphatic carbocycles. The third kappa shape index (κ3) is 4.93. The van der Waals surface area contributed by atoms with E-state index in [0.29, 0.717) is 10.2 Å². The summed E-state index contributed by atoms with van der Waals surface area (Å²) in [6.45, 7) is 1.81. The number of halogens is 2. The van der Waals surface area contributed by atoms with Crippen LogP contribution in [0.4, 0.5) is 10.1 Å². The van der Waals surface area contributed by atoms with Crippen molar-refractivity contribution < 1.29 is 9.18 Å². The van der Waals surface area contributed by atoms with Crippen molar-refractivity contribution in [2.75, 3.05) is 5.32 Å². The third-order valence-corrected chi connectivity index (χ3v) is 6.22. The van der Waals surface area contributed by atoms with Gasteiger partial charge in [-0.2, -0.15) is 0 Å². The number of carbonyl (C=O) groups is 1. The van der Waals surface area contributed by atoms with E-state index in [-0.39, 0.29) is 16.8 Å². The van der Waals surface area contributed by atoms with Crippen molar-refractivity contribution in [2.45, 2.75) is 17.9 Å². The Kier molecular flexibility index (Phi) is 6.45. The van der Waals surface area contributed by atoms with Gasteiger partial charge in [0.05, 0.1) is 16.6 Å². The molecule has 1 atom stereocenters. The summed E-state index contributed by atoms with van der Waals surface area (Å²) in [4.78, 5) is 16.9. The molecule has 0 aliphatic rings. The Morgan fingerprint density at radius 3 is 2.81 bits per heavy atom. The SMILES string of the molecule is C[C@@H](SCc1csc(-c2ccccc2)n1)C(=O)Nc1ccc(Br)cc1F. The van der Waals surface area contributed by atoms with Gasteiger partial charge >= 0.3 is 0 Å². The van der Waals surface area contributed by atoms with E-state index >= 15 is 0 Å². The van der Waals surface area contributed by atoms with Crippen LogP contribution in [0.5, 0.6) is 0 Å². The number of nitrogens with zero attached hydrogens (tertiary/aromatic N) is 1. The molecule has 3 rings (SSSR count). The number of benzene rings is 2. The summed E-state index contributed by atoms with van der Waals surface area (Å²) < 4.78 is 14.5. The highest BCUT2D eigenvalue weighted by molar-refractivity contribution is 9.10. The van der Waals surface area contributed by atoms with Crippen molar-refractivity contribution in [3.8, 4) is 10.6 Å². The molecule has 0 saturated carbocycles. The van der Waals surface area contributed by atoms with Crippen LogP contribution in [0.3, 0.4) is 0 Å². The molecule has 0 radical (unpaired) electrons. The van der Waals surface area contributed by atoms with Crippen LogP contribution >= 0.6 is 39.0 Å². The lowest BCUT2D eigenvalue weighted by molar-refractivity contribution is -0.115. The first-order valence-electron chi connectivity index (χ1n) is 7.90. The number of hydrogen-bond donors (Lipinski definition) is 1. The summed E-state index contributed by atoms with van der Waals surface area (Å²) in [7, 11) is 0. The van der Waals surface area contributed by atoms with Gasteiger partial charge in [-0.1, -0.05) is 46.3 Å². The van der Waals surface area contributed by atoms with E-state index in [1.54, 1.807) is 30.4 Å². The second-order valence-electron chi connectivity index (χ2n) is 5.58. The maximum absolute atomic E-state index is 13.8. The zero-order chi connectivity index (χ0) is 18.5. The van der Waals surface area contributed by atoms with Gasteiger partial charge in [-0.15, -0.1) is 23.1 Å². The highest BCUT2D eigenvalue weighted by Gasteiger charge is 2.16. The van der Waals surface area contributed by atoms with E-state index in [2.05, 4.69) is 26.2 Å². The number of hydrogen-bond acceptors (Lipinski definition) is 4. The number of thiazole rings is 1. The molecule has 0 fully saturated rings. The van der Waals surface area contributed by atoms with E-state index < -0.39 is 5.82 Å². The van der Waals surface area contributed by atoms with E-state index in [4.69, 9.17) is 0 Å². The van der Waals surface area contributed by atoms with Crippen LogP contribution < -0.4 is 5.32 Å². The first kappa shape index (κ1) is 19.1. The van der Waals surface area contributed by atoms with E-state index in [0.717, 1.165) is 16.3 Å². The quantitative estimate of drug-likeness (QED) is 0.502. The van der Waals surface area contributed by atoms with Crippen LogP contribution in [-0.4, -0.2) is 16.1 Å². The van der Waals surface area contributed by atoms with E-state index in [9.17, 15) is 9.18 Å². The van der Waals surface area contributed by atoms with Crippen molar-refractivity contribution in [2.24, 2.45) is 0 Å². The number of carbonyl (C=O) groups excluding carboxylic acids is 1. The fraction of sp³-hybridized carbons (Fsp3) is 0.158. The first-order valence-corrected chi connectivity index (χ1v) is 10.6. The number of amides is 1. The van der Waals surface area contributed by atoms with Crippen LogP contribution in [0.15, 0.2) is 58.4 Å². The normalized spacial score (nSPS) is 12.0. The Hall–Kier alpha value is -1.70. The maximum atomic E-state index is 13.8. The monoisotopic (exact) mass is 450 g/mol. The summed E-state index contributed by atoms with van der Waals surface area (Å²) in [5.41, 5.74) is 2.21. The second kappa shape index (κ2) is 8.79. The fourth-order valence-corrected chi connectivity index (χ4v) is 4.24. The summed E-state index contributed by atoms with van der Waals surface area (Å²) in [6.07, 6.45) is 0. The van der Waals surface area contributed by atoms with Gasteiger partial charge < -0.3 is 5.32 Å². The minimum atomic E-state index is -0.461. The zero-order valence-electron chi connectivity index (χ0n) is 13.9. The highest BCUT2D eigenvalue weighted by Crippen LogP contribution is 2.27. The molecule has 1 amide bonds. The minimum absolute atomic E-state index is 0.186. The van der Waals surface area contributed by atoms with Crippen LogP contribution in [-0.2, 0) is 10.5 Å². The van der Waals surface area contributed by atoms with Gasteiger partial charge in [0.2, 0.25) is 5.91 Å². The van der Waals surface area contributed by atoms with Gasteiger partial charge in [-0.25, -0.2) is 9.37 Å².